The Morgan fingerprint density at radius 1 is 1.12 bits per heavy atom. The Labute approximate surface area is 197 Å². The fourth-order valence-electron chi connectivity index (χ4n) is 3.02. The Kier molecular flexibility index (Phi) is 8.28. The summed E-state index contributed by atoms with van der Waals surface area (Å²) in [5, 5.41) is 17.4. The molecule has 0 aliphatic rings. The summed E-state index contributed by atoms with van der Waals surface area (Å²) in [5.41, 5.74) is 8.62. The van der Waals surface area contributed by atoms with Gasteiger partial charge >= 0.3 is 0 Å². The van der Waals surface area contributed by atoms with E-state index in [9.17, 15) is 4.79 Å². The van der Waals surface area contributed by atoms with Gasteiger partial charge < -0.3 is 20.5 Å². The van der Waals surface area contributed by atoms with Gasteiger partial charge in [0.05, 0.1) is 5.75 Å². The molecular formula is C22H29N9OS. The highest BCUT2D eigenvalue weighted by Crippen LogP contribution is 2.19. The van der Waals surface area contributed by atoms with Gasteiger partial charge in [0.25, 0.3) is 0 Å². The summed E-state index contributed by atoms with van der Waals surface area (Å²) >= 11 is 1.31. The van der Waals surface area contributed by atoms with Gasteiger partial charge in [-0.2, -0.15) is 0 Å². The third-order valence-corrected chi connectivity index (χ3v) is 5.69. The lowest BCUT2D eigenvalue weighted by molar-refractivity contribution is -0.113. The molecule has 1 aromatic heterocycles. The second-order valence-electron chi connectivity index (χ2n) is 7.37. The molecule has 0 radical (unpaired) electrons. The molecule has 0 bridgehead atoms. The van der Waals surface area contributed by atoms with E-state index >= 15 is 0 Å². The second kappa shape index (κ2) is 11.3. The van der Waals surface area contributed by atoms with E-state index < -0.39 is 0 Å². The number of nitrogens with zero attached hydrogens (tertiary/aromatic N) is 6. The van der Waals surface area contributed by atoms with E-state index in [-0.39, 0.29) is 18.2 Å². The van der Waals surface area contributed by atoms with E-state index in [0.717, 1.165) is 16.9 Å². The van der Waals surface area contributed by atoms with Crippen molar-refractivity contribution in [3.63, 3.8) is 0 Å². The number of nitrogens with two attached hydrogens (primary N) is 2. The number of aromatic nitrogens is 3. The normalized spacial score (nSPS) is 11.3. The molecule has 5 N–H and O–H groups in total. The number of nitrogens with one attached hydrogen (secondary N) is 1. The lowest BCUT2D eigenvalue weighted by Gasteiger charge is -2.14. The predicted molar refractivity (Wildman–Crippen MR) is 133 cm³/mol. The molecule has 0 aliphatic carbocycles. The van der Waals surface area contributed by atoms with Gasteiger partial charge in [0.2, 0.25) is 5.91 Å². The molecule has 33 heavy (non-hydrogen) atoms. The first-order valence-electron chi connectivity index (χ1n) is 10.4. The van der Waals surface area contributed by atoms with E-state index in [1.165, 1.54) is 16.9 Å². The van der Waals surface area contributed by atoms with Crippen molar-refractivity contribution in [3.8, 4) is 0 Å². The summed E-state index contributed by atoms with van der Waals surface area (Å²) in [4.78, 5) is 14.4. The third-order valence-electron chi connectivity index (χ3n) is 4.72. The van der Waals surface area contributed by atoms with Crippen molar-refractivity contribution in [1.29, 1.82) is 0 Å². The van der Waals surface area contributed by atoms with Crippen LogP contribution in [0.2, 0.25) is 0 Å². The van der Waals surface area contributed by atoms with E-state index in [0.29, 0.717) is 23.4 Å². The largest absolute Gasteiger partial charge is 0.382 e. The maximum atomic E-state index is 12.4. The molecule has 0 atom stereocenters. The highest BCUT2D eigenvalue weighted by atomic mass is 32.2. The number of anilines is 2. The lowest BCUT2D eigenvalue weighted by Crippen LogP contribution is -2.30. The maximum Gasteiger partial charge on any atom is 0.234 e. The average molecular weight is 468 g/mol. The average Bonchev–Trinajstić information content (AvgIpc) is 3.19. The Hall–Kier alpha value is -3.57. The van der Waals surface area contributed by atoms with E-state index in [1.54, 1.807) is 0 Å². The number of carbonyl (C=O) groups excluding carboxylic acids is 1. The van der Waals surface area contributed by atoms with Crippen LogP contribution in [0.1, 0.15) is 18.3 Å². The predicted octanol–water partition coefficient (Wildman–Crippen LogP) is 2.09. The second-order valence-corrected chi connectivity index (χ2v) is 8.31. The molecule has 3 rings (SSSR count). The van der Waals surface area contributed by atoms with Gasteiger partial charge in [-0.05, 0) is 31.2 Å². The van der Waals surface area contributed by atoms with Crippen molar-refractivity contribution in [2.45, 2.75) is 25.2 Å². The Morgan fingerprint density at radius 2 is 1.82 bits per heavy atom. The number of hydrazine groups is 1. The number of hydrazone groups is 1. The molecule has 1 heterocycles. The number of thioether (sulfide) groups is 1. The minimum Gasteiger partial charge on any atom is -0.382 e. The van der Waals surface area contributed by atoms with E-state index in [2.05, 4.69) is 20.6 Å². The monoisotopic (exact) mass is 467 g/mol. The van der Waals surface area contributed by atoms with Gasteiger partial charge in [-0.25, -0.2) is 11.0 Å². The van der Waals surface area contributed by atoms with Crippen molar-refractivity contribution >= 4 is 34.9 Å². The number of hydrogen-bond donors (Lipinski definition) is 3. The van der Waals surface area contributed by atoms with Crippen molar-refractivity contribution in [1.82, 2.24) is 19.9 Å². The number of hydrogen-bond acceptors (Lipinski definition) is 8. The highest BCUT2D eigenvalue weighted by molar-refractivity contribution is 7.99. The minimum atomic E-state index is -0.120. The molecule has 2 aromatic carbocycles. The van der Waals surface area contributed by atoms with Crippen LogP contribution in [0.25, 0.3) is 0 Å². The Balaban J connectivity index is 1.58. The van der Waals surface area contributed by atoms with Crippen LogP contribution in [0.3, 0.4) is 0 Å². The fourth-order valence-corrected chi connectivity index (χ4v) is 3.84. The standard InChI is InChI=1S/C22H29N9OS/c1-4-30-19(14-31(24)28-21(23)16-8-6-5-7-9-16)26-27-22(30)33-15-20(32)25-17-10-12-18(13-11-17)29(2)3/h5-13H,4,14-15,24H2,1-3H3,(H2,23,28)(H,25,32). The van der Waals surface area contributed by atoms with Crippen molar-refractivity contribution < 1.29 is 4.79 Å². The van der Waals surface area contributed by atoms with E-state index in [1.807, 2.05) is 85.1 Å². The van der Waals surface area contributed by atoms with E-state index in [4.69, 9.17) is 11.6 Å². The van der Waals surface area contributed by atoms with Crippen LogP contribution in [0.15, 0.2) is 64.9 Å². The smallest absolute Gasteiger partial charge is 0.234 e. The maximum absolute atomic E-state index is 12.4. The van der Waals surface area contributed by atoms with Gasteiger partial charge in [0, 0.05) is 37.6 Å². The number of amidine groups is 1. The summed E-state index contributed by atoms with van der Waals surface area (Å²) in [7, 11) is 3.94. The van der Waals surface area contributed by atoms with Crippen LogP contribution in [0.4, 0.5) is 11.4 Å². The fraction of sp³-hybridized carbons (Fsp3) is 0.273. The molecule has 174 valence electrons. The number of carbonyl (C=O) groups is 1. The zero-order chi connectivity index (χ0) is 23.8. The van der Waals surface area contributed by atoms with Crippen LogP contribution in [-0.4, -0.2) is 51.5 Å². The summed E-state index contributed by atoms with van der Waals surface area (Å²) < 4.78 is 1.90. The molecule has 10 nitrogen and oxygen atoms in total. The molecule has 0 fully saturated rings. The van der Waals surface area contributed by atoms with Crippen molar-refractivity contribution in [3.05, 3.63) is 66.0 Å². The topological polar surface area (TPSA) is 131 Å². The van der Waals surface area contributed by atoms with Crippen LogP contribution in [0.5, 0.6) is 0 Å². The third kappa shape index (κ3) is 6.70. The van der Waals surface area contributed by atoms with Gasteiger partial charge in [0.1, 0.15) is 6.54 Å². The molecule has 0 aliphatic heterocycles. The van der Waals surface area contributed by atoms with Crippen molar-refractivity contribution in [2.24, 2.45) is 16.7 Å². The van der Waals surface area contributed by atoms with Gasteiger partial charge in [-0.1, -0.05) is 42.1 Å². The number of rotatable bonds is 10. The number of benzene rings is 2. The Bertz CT molecular complexity index is 1080. The zero-order valence-corrected chi connectivity index (χ0v) is 19.8. The van der Waals surface area contributed by atoms with Crippen LogP contribution in [-0.2, 0) is 17.9 Å². The summed E-state index contributed by atoms with van der Waals surface area (Å²) in [6.45, 7) is 2.83. The molecule has 1 amide bonds. The molecule has 0 saturated carbocycles. The summed E-state index contributed by atoms with van der Waals surface area (Å²) in [6, 6.07) is 17.0. The first-order valence-corrected chi connectivity index (χ1v) is 11.4. The van der Waals surface area contributed by atoms with Crippen LogP contribution in [0, 0.1) is 0 Å². The first-order chi connectivity index (χ1) is 15.9. The molecular weight excluding hydrogens is 438 g/mol. The Morgan fingerprint density at radius 3 is 2.45 bits per heavy atom. The van der Waals surface area contributed by atoms with Gasteiger partial charge in [-0.15, -0.1) is 15.3 Å². The van der Waals surface area contributed by atoms with Crippen LogP contribution < -0.4 is 21.8 Å². The molecule has 0 spiro atoms. The summed E-state index contributed by atoms with van der Waals surface area (Å²) in [6.07, 6.45) is 0. The summed E-state index contributed by atoms with van der Waals surface area (Å²) in [5.74, 6) is 7.05. The molecule has 11 heteroatoms. The number of amides is 1. The highest BCUT2D eigenvalue weighted by Gasteiger charge is 2.15. The van der Waals surface area contributed by atoms with Gasteiger partial charge in [0.15, 0.2) is 16.8 Å². The lowest BCUT2D eigenvalue weighted by atomic mass is 10.2. The zero-order valence-electron chi connectivity index (χ0n) is 19.0. The van der Waals surface area contributed by atoms with Crippen molar-refractivity contribution in [2.75, 3.05) is 30.1 Å². The first kappa shape index (κ1) is 24.1. The quantitative estimate of drug-likeness (QED) is 0.136. The molecule has 0 unspecified atom stereocenters. The molecule has 0 saturated heterocycles. The molecule has 3 aromatic rings. The van der Waals surface area contributed by atoms with Crippen LogP contribution >= 0.6 is 11.8 Å². The van der Waals surface area contributed by atoms with Gasteiger partial charge in [-0.3, -0.25) is 4.79 Å². The SMILES string of the molecule is CCn1c(CN(N)/N=C(\N)c2ccccc2)nnc1SCC(=O)Nc1ccc(N(C)C)cc1. The minimum absolute atomic E-state index is 0.120.